The molecule has 132 valence electrons. The molecular formula is C15H17F3N2O4. The number of hydrogen-bond acceptors (Lipinski definition) is 4. The summed E-state index contributed by atoms with van der Waals surface area (Å²) in [5, 5.41) is 11.4. The van der Waals surface area contributed by atoms with E-state index in [0.29, 0.717) is 26.3 Å². The molecule has 0 unspecified atom stereocenters. The van der Waals surface area contributed by atoms with Crippen LogP contribution in [0, 0.1) is 0 Å². The van der Waals surface area contributed by atoms with Crippen LogP contribution in [0.3, 0.4) is 0 Å². The van der Waals surface area contributed by atoms with Crippen molar-refractivity contribution >= 4 is 17.6 Å². The average molecular weight is 346 g/mol. The van der Waals surface area contributed by atoms with Crippen LogP contribution < -0.4 is 5.32 Å². The molecule has 0 saturated carbocycles. The van der Waals surface area contributed by atoms with Gasteiger partial charge in [-0.15, -0.1) is 0 Å². The summed E-state index contributed by atoms with van der Waals surface area (Å²) in [6, 6.07) is 3.20. The van der Waals surface area contributed by atoms with Crippen molar-refractivity contribution in [3.63, 3.8) is 0 Å². The first-order valence-corrected chi connectivity index (χ1v) is 7.27. The van der Waals surface area contributed by atoms with Crippen molar-refractivity contribution < 1.29 is 32.6 Å². The second kappa shape index (κ2) is 7.63. The molecule has 6 nitrogen and oxygen atoms in total. The third kappa shape index (κ3) is 5.50. The van der Waals surface area contributed by atoms with E-state index in [2.05, 4.69) is 5.32 Å². The third-order valence-corrected chi connectivity index (χ3v) is 3.49. The Morgan fingerprint density at radius 2 is 1.92 bits per heavy atom. The van der Waals surface area contributed by atoms with Gasteiger partial charge in [0.1, 0.15) is 0 Å². The van der Waals surface area contributed by atoms with Crippen molar-refractivity contribution in [1.82, 2.24) is 4.90 Å². The van der Waals surface area contributed by atoms with E-state index < -0.39 is 24.5 Å². The second-order valence-corrected chi connectivity index (χ2v) is 5.41. The molecule has 0 aromatic heterocycles. The lowest BCUT2D eigenvalue weighted by molar-refractivity contribution is -0.127. The van der Waals surface area contributed by atoms with Gasteiger partial charge in [0.15, 0.2) is 0 Å². The lowest BCUT2D eigenvalue weighted by atomic mass is 10.1. The molecule has 1 aromatic rings. The normalized spacial score (nSPS) is 16.0. The Labute approximate surface area is 136 Å². The minimum Gasteiger partial charge on any atom is -0.478 e. The fraction of sp³-hybridized carbons (Fsp3) is 0.467. The second-order valence-electron chi connectivity index (χ2n) is 5.41. The van der Waals surface area contributed by atoms with Gasteiger partial charge in [-0.1, -0.05) is 6.07 Å². The van der Waals surface area contributed by atoms with E-state index in [4.69, 9.17) is 9.84 Å². The average Bonchev–Trinajstić information content (AvgIpc) is 2.48. The molecular weight excluding hydrogens is 329 g/mol. The van der Waals surface area contributed by atoms with Gasteiger partial charge < -0.3 is 15.2 Å². The Morgan fingerprint density at radius 1 is 1.25 bits per heavy atom. The summed E-state index contributed by atoms with van der Waals surface area (Å²) in [5.74, 6) is -1.78. The van der Waals surface area contributed by atoms with Gasteiger partial charge in [-0.25, -0.2) is 4.79 Å². The number of carbonyl (C=O) groups excluding carboxylic acids is 1. The van der Waals surface area contributed by atoms with Crippen LogP contribution in [0.15, 0.2) is 18.2 Å². The van der Waals surface area contributed by atoms with E-state index in [1.807, 2.05) is 4.90 Å². The minimum atomic E-state index is -4.46. The Bertz CT molecular complexity index is 613. The summed E-state index contributed by atoms with van der Waals surface area (Å²) in [7, 11) is 0. The third-order valence-electron chi connectivity index (χ3n) is 3.49. The number of hydrogen-bond donors (Lipinski definition) is 2. The van der Waals surface area contributed by atoms with Crippen LogP contribution in [0.4, 0.5) is 18.9 Å². The molecule has 1 aromatic carbocycles. The summed E-state index contributed by atoms with van der Waals surface area (Å²) >= 11 is 0. The number of alkyl halides is 3. The smallest absolute Gasteiger partial charge is 0.393 e. The SMILES string of the molecule is O=C(CN1CCOCC1)Nc1cc(C(=O)O)ccc1CC(F)(F)F. The van der Waals surface area contributed by atoms with E-state index in [0.717, 1.165) is 18.2 Å². The van der Waals surface area contributed by atoms with Gasteiger partial charge in [-0.3, -0.25) is 9.69 Å². The van der Waals surface area contributed by atoms with Gasteiger partial charge in [0.05, 0.1) is 31.7 Å². The van der Waals surface area contributed by atoms with Crippen LogP contribution >= 0.6 is 0 Å². The van der Waals surface area contributed by atoms with E-state index in [1.54, 1.807) is 0 Å². The predicted molar refractivity (Wildman–Crippen MR) is 79.0 cm³/mol. The van der Waals surface area contributed by atoms with Gasteiger partial charge in [0.2, 0.25) is 5.91 Å². The number of morpholine rings is 1. The van der Waals surface area contributed by atoms with E-state index in [1.165, 1.54) is 0 Å². The first kappa shape index (κ1) is 18.2. The van der Waals surface area contributed by atoms with Crippen LogP contribution in [-0.4, -0.2) is 60.9 Å². The Morgan fingerprint density at radius 3 is 2.50 bits per heavy atom. The summed E-state index contributed by atoms with van der Waals surface area (Å²) in [4.78, 5) is 24.9. The maximum atomic E-state index is 12.6. The van der Waals surface area contributed by atoms with Crippen LogP contribution in [0.25, 0.3) is 0 Å². The number of halogens is 3. The first-order valence-electron chi connectivity index (χ1n) is 7.27. The number of aromatic carboxylic acids is 1. The fourth-order valence-electron chi connectivity index (χ4n) is 2.35. The number of benzene rings is 1. The van der Waals surface area contributed by atoms with Crippen LogP contribution in [-0.2, 0) is 16.0 Å². The Kier molecular flexibility index (Phi) is 5.79. The number of amides is 1. The van der Waals surface area contributed by atoms with Crippen molar-refractivity contribution in [3.8, 4) is 0 Å². The van der Waals surface area contributed by atoms with Crippen molar-refractivity contribution in [1.29, 1.82) is 0 Å². The minimum absolute atomic E-state index is 0.00607. The van der Waals surface area contributed by atoms with Gasteiger partial charge in [0, 0.05) is 18.8 Å². The zero-order valence-corrected chi connectivity index (χ0v) is 12.7. The number of rotatable bonds is 5. The Balaban J connectivity index is 2.13. The quantitative estimate of drug-likeness (QED) is 0.849. The number of carbonyl (C=O) groups is 2. The van der Waals surface area contributed by atoms with Gasteiger partial charge in [-0.2, -0.15) is 13.2 Å². The molecule has 0 radical (unpaired) electrons. The number of nitrogens with zero attached hydrogens (tertiary/aromatic N) is 1. The number of nitrogens with one attached hydrogen (secondary N) is 1. The largest absolute Gasteiger partial charge is 0.478 e. The topological polar surface area (TPSA) is 78.9 Å². The fourth-order valence-corrected chi connectivity index (χ4v) is 2.35. The van der Waals surface area contributed by atoms with E-state index in [-0.39, 0.29) is 23.4 Å². The number of carboxylic acids is 1. The zero-order chi connectivity index (χ0) is 17.7. The molecule has 24 heavy (non-hydrogen) atoms. The molecule has 1 aliphatic heterocycles. The van der Waals surface area contributed by atoms with Crippen LogP contribution in [0.2, 0.25) is 0 Å². The highest BCUT2D eigenvalue weighted by molar-refractivity contribution is 5.95. The summed E-state index contributed by atoms with van der Waals surface area (Å²) in [6.07, 6.45) is -5.71. The molecule has 1 amide bonds. The molecule has 2 rings (SSSR count). The number of ether oxygens (including phenoxy) is 1. The number of anilines is 1. The molecule has 0 aliphatic carbocycles. The maximum absolute atomic E-state index is 12.6. The summed E-state index contributed by atoms with van der Waals surface area (Å²) < 4.78 is 43.1. The van der Waals surface area contributed by atoms with E-state index >= 15 is 0 Å². The molecule has 0 atom stereocenters. The van der Waals surface area contributed by atoms with Crippen molar-refractivity contribution in [3.05, 3.63) is 29.3 Å². The van der Waals surface area contributed by atoms with Gasteiger partial charge in [-0.05, 0) is 17.7 Å². The highest BCUT2D eigenvalue weighted by Gasteiger charge is 2.29. The molecule has 2 N–H and O–H groups in total. The first-order chi connectivity index (χ1) is 11.2. The monoisotopic (exact) mass is 346 g/mol. The lowest BCUT2D eigenvalue weighted by Crippen LogP contribution is -2.41. The summed E-state index contributed by atoms with van der Waals surface area (Å²) in [6.45, 7) is 2.09. The molecule has 9 heteroatoms. The molecule has 0 bridgehead atoms. The summed E-state index contributed by atoms with van der Waals surface area (Å²) in [5.41, 5.74) is -0.504. The Hall–Kier alpha value is -2.13. The molecule has 1 fully saturated rings. The molecule has 0 spiro atoms. The molecule has 1 aliphatic rings. The zero-order valence-electron chi connectivity index (χ0n) is 12.7. The molecule has 1 saturated heterocycles. The lowest BCUT2D eigenvalue weighted by Gasteiger charge is -2.26. The maximum Gasteiger partial charge on any atom is 0.393 e. The van der Waals surface area contributed by atoms with Crippen LogP contribution in [0.1, 0.15) is 15.9 Å². The predicted octanol–water partition coefficient (Wildman–Crippen LogP) is 1.76. The van der Waals surface area contributed by atoms with Crippen molar-refractivity contribution in [2.24, 2.45) is 0 Å². The van der Waals surface area contributed by atoms with Gasteiger partial charge >= 0.3 is 12.1 Å². The standard InChI is InChI=1S/C15H17F3N2O4/c16-15(17,18)8-11-2-1-10(14(22)23)7-12(11)19-13(21)9-20-3-5-24-6-4-20/h1-2,7H,3-6,8-9H2,(H,19,21)(H,22,23). The van der Waals surface area contributed by atoms with Gasteiger partial charge in [0.25, 0.3) is 0 Å². The number of carboxylic acid groups (broad SMARTS) is 1. The van der Waals surface area contributed by atoms with Crippen molar-refractivity contribution in [2.75, 3.05) is 38.2 Å². The molecule has 1 heterocycles. The highest BCUT2D eigenvalue weighted by atomic mass is 19.4. The van der Waals surface area contributed by atoms with E-state index in [9.17, 15) is 22.8 Å². The van der Waals surface area contributed by atoms with Crippen molar-refractivity contribution in [2.45, 2.75) is 12.6 Å². The highest BCUT2D eigenvalue weighted by Crippen LogP contribution is 2.27. The van der Waals surface area contributed by atoms with Crippen LogP contribution in [0.5, 0.6) is 0 Å².